The molecule has 0 fully saturated rings. The quantitative estimate of drug-likeness (QED) is 0.504. The Bertz CT molecular complexity index is 1000. The zero-order valence-electron chi connectivity index (χ0n) is 17.8. The van der Waals surface area contributed by atoms with Crippen LogP contribution in [-0.4, -0.2) is 47.7 Å². The second kappa shape index (κ2) is 9.67. The van der Waals surface area contributed by atoms with Gasteiger partial charge >= 0.3 is 0 Å². The van der Waals surface area contributed by atoms with Crippen LogP contribution in [0.3, 0.4) is 0 Å². The minimum Gasteiger partial charge on any atom is -0.493 e. The van der Waals surface area contributed by atoms with Crippen molar-refractivity contribution in [2.45, 2.75) is 24.9 Å². The van der Waals surface area contributed by atoms with Crippen LogP contribution in [0.4, 0.5) is 5.69 Å². The maximum Gasteiger partial charge on any atom is 0.237 e. The van der Waals surface area contributed by atoms with Crippen molar-refractivity contribution in [3.05, 3.63) is 54.4 Å². The van der Waals surface area contributed by atoms with E-state index in [0.29, 0.717) is 22.6 Å². The Kier molecular flexibility index (Phi) is 6.99. The first-order valence-corrected chi connectivity index (χ1v) is 10.5. The average Bonchev–Trinajstić information content (AvgIpc) is 3.25. The highest BCUT2D eigenvalue weighted by atomic mass is 32.2. The molecule has 0 bridgehead atoms. The number of ether oxygens (including phenoxy) is 2. The highest BCUT2D eigenvalue weighted by Gasteiger charge is 2.16. The van der Waals surface area contributed by atoms with Gasteiger partial charge in [-0.2, -0.15) is 0 Å². The van der Waals surface area contributed by atoms with Gasteiger partial charge in [0.1, 0.15) is 6.33 Å². The Morgan fingerprint density at radius 2 is 1.80 bits per heavy atom. The summed E-state index contributed by atoms with van der Waals surface area (Å²) >= 11 is 1.35. The number of carbonyl (C=O) groups is 1. The lowest BCUT2D eigenvalue weighted by molar-refractivity contribution is -0.115. The number of hydrogen-bond acceptors (Lipinski definition) is 6. The van der Waals surface area contributed by atoms with E-state index in [1.807, 2.05) is 22.8 Å². The summed E-state index contributed by atoms with van der Waals surface area (Å²) in [6.07, 6.45) is 1.66. The first kappa shape index (κ1) is 21.7. The summed E-state index contributed by atoms with van der Waals surface area (Å²) in [7, 11) is 4.88. The van der Waals surface area contributed by atoms with Crippen LogP contribution in [0.15, 0.2) is 53.9 Å². The second-order valence-electron chi connectivity index (χ2n) is 7.01. The van der Waals surface area contributed by atoms with E-state index in [1.54, 1.807) is 44.6 Å². The predicted molar refractivity (Wildman–Crippen MR) is 119 cm³/mol. The highest BCUT2D eigenvalue weighted by molar-refractivity contribution is 7.99. The normalized spacial score (nSPS) is 10.9. The SMILES string of the molecule is COc1ccc(N(C)C(=O)CSc2nncn2-c2ccc(C(C)C)cc2)cc1OC. The highest BCUT2D eigenvalue weighted by Crippen LogP contribution is 2.31. The van der Waals surface area contributed by atoms with Crippen LogP contribution < -0.4 is 14.4 Å². The number of benzene rings is 2. The zero-order valence-corrected chi connectivity index (χ0v) is 18.6. The van der Waals surface area contributed by atoms with Crippen LogP contribution in [0.2, 0.25) is 0 Å². The van der Waals surface area contributed by atoms with Gasteiger partial charge in [0.2, 0.25) is 5.91 Å². The molecule has 0 saturated carbocycles. The van der Waals surface area contributed by atoms with Crippen LogP contribution >= 0.6 is 11.8 Å². The number of nitrogens with zero attached hydrogens (tertiary/aromatic N) is 4. The molecule has 0 saturated heterocycles. The van der Waals surface area contributed by atoms with E-state index in [9.17, 15) is 4.79 Å². The van der Waals surface area contributed by atoms with Crippen LogP contribution in [0, 0.1) is 0 Å². The van der Waals surface area contributed by atoms with E-state index in [-0.39, 0.29) is 11.7 Å². The summed E-state index contributed by atoms with van der Waals surface area (Å²) in [5.74, 6) is 1.84. The van der Waals surface area contributed by atoms with Crippen LogP contribution in [0.1, 0.15) is 25.3 Å². The first-order valence-electron chi connectivity index (χ1n) is 9.56. The van der Waals surface area contributed by atoms with Crippen molar-refractivity contribution in [3.8, 4) is 17.2 Å². The van der Waals surface area contributed by atoms with Gasteiger partial charge in [-0.3, -0.25) is 9.36 Å². The molecular weight excluding hydrogens is 400 g/mol. The molecule has 8 heteroatoms. The Hall–Kier alpha value is -3.00. The number of anilines is 1. The molecule has 0 aliphatic heterocycles. The van der Waals surface area contributed by atoms with Gasteiger partial charge in [-0.25, -0.2) is 0 Å². The third-order valence-electron chi connectivity index (χ3n) is 4.81. The first-order chi connectivity index (χ1) is 14.4. The third kappa shape index (κ3) is 4.76. The molecule has 3 rings (SSSR count). The molecule has 0 aliphatic rings. The number of aromatic nitrogens is 3. The van der Waals surface area contributed by atoms with Crippen LogP contribution in [0.5, 0.6) is 11.5 Å². The number of amides is 1. The van der Waals surface area contributed by atoms with Crippen LogP contribution in [-0.2, 0) is 4.79 Å². The molecule has 0 radical (unpaired) electrons. The molecule has 0 aliphatic carbocycles. The molecule has 1 amide bonds. The molecule has 1 aromatic heterocycles. The minimum atomic E-state index is -0.0584. The molecule has 3 aromatic rings. The van der Waals surface area contributed by atoms with E-state index in [2.05, 4.69) is 36.2 Å². The monoisotopic (exact) mass is 426 g/mol. The summed E-state index contributed by atoms with van der Waals surface area (Å²) in [5.41, 5.74) is 2.96. The fourth-order valence-electron chi connectivity index (χ4n) is 2.92. The number of rotatable bonds is 8. The average molecular weight is 427 g/mol. The van der Waals surface area contributed by atoms with Crippen molar-refractivity contribution in [2.24, 2.45) is 0 Å². The largest absolute Gasteiger partial charge is 0.493 e. The number of methoxy groups -OCH3 is 2. The summed E-state index contributed by atoms with van der Waals surface area (Å²) in [6, 6.07) is 13.7. The van der Waals surface area contributed by atoms with Crippen molar-refractivity contribution in [2.75, 3.05) is 31.9 Å². The number of hydrogen-bond donors (Lipinski definition) is 0. The maximum atomic E-state index is 12.7. The Balaban J connectivity index is 1.69. The topological polar surface area (TPSA) is 69.5 Å². The van der Waals surface area contributed by atoms with Gasteiger partial charge in [0.15, 0.2) is 16.7 Å². The summed E-state index contributed by atoms with van der Waals surface area (Å²) in [5, 5.41) is 8.86. The van der Waals surface area contributed by atoms with Gasteiger partial charge in [0, 0.05) is 24.5 Å². The molecular formula is C22H26N4O3S. The second-order valence-corrected chi connectivity index (χ2v) is 7.95. The Morgan fingerprint density at radius 3 is 2.43 bits per heavy atom. The fraction of sp³-hybridized carbons (Fsp3) is 0.318. The van der Waals surface area contributed by atoms with E-state index in [4.69, 9.17) is 9.47 Å². The molecule has 1 heterocycles. The van der Waals surface area contributed by atoms with Crippen molar-refractivity contribution in [1.82, 2.24) is 14.8 Å². The van der Waals surface area contributed by atoms with Crippen molar-refractivity contribution in [1.29, 1.82) is 0 Å². The van der Waals surface area contributed by atoms with Gasteiger partial charge < -0.3 is 14.4 Å². The standard InChI is InChI=1S/C22H26N4O3S/c1-15(2)16-6-8-17(9-7-16)26-14-23-24-22(26)30-13-21(27)25(3)18-10-11-19(28-4)20(12-18)29-5/h6-12,14-15H,13H2,1-5H3. The summed E-state index contributed by atoms with van der Waals surface area (Å²) in [4.78, 5) is 14.3. The lowest BCUT2D eigenvalue weighted by Gasteiger charge is -2.19. The molecule has 7 nitrogen and oxygen atoms in total. The van der Waals surface area contributed by atoms with E-state index >= 15 is 0 Å². The number of carbonyl (C=O) groups excluding carboxylic acids is 1. The van der Waals surface area contributed by atoms with Gasteiger partial charge in [0.25, 0.3) is 0 Å². The van der Waals surface area contributed by atoms with E-state index in [1.165, 1.54) is 17.3 Å². The molecule has 158 valence electrons. The third-order valence-corrected chi connectivity index (χ3v) is 5.74. The Labute approximate surface area is 181 Å². The summed E-state index contributed by atoms with van der Waals surface area (Å²) in [6.45, 7) is 4.32. The van der Waals surface area contributed by atoms with Crippen molar-refractivity contribution < 1.29 is 14.3 Å². The van der Waals surface area contributed by atoms with Gasteiger partial charge in [-0.05, 0) is 35.7 Å². The maximum absolute atomic E-state index is 12.7. The van der Waals surface area contributed by atoms with E-state index < -0.39 is 0 Å². The van der Waals surface area contributed by atoms with Gasteiger partial charge in [0.05, 0.1) is 20.0 Å². The molecule has 0 unspecified atom stereocenters. The van der Waals surface area contributed by atoms with Gasteiger partial charge in [-0.15, -0.1) is 10.2 Å². The minimum absolute atomic E-state index is 0.0584. The molecule has 0 N–H and O–H groups in total. The number of thioether (sulfide) groups is 1. The van der Waals surface area contributed by atoms with Crippen molar-refractivity contribution in [3.63, 3.8) is 0 Å². The molecule has 30 heavy (non-hydrogen) atoms. The van der Waals surface area contributed by atoms with Crippen molar-refractivity contribution >= 4 is 23.4 Å². The lowest BCUT2D eigenvalue weighted by atomic mass is 10.0. The molecule has 0 spiro atoms. The molecule has 2 aromatic carbocycles. The van der Waals surface area contributed by atoms with Crippen LogP contribution in [0.25, 0.3) is 5.69 Å². The fourth-order valence-corrected chi connectivity index (χ4v) is 3.76. The zero-order chi connectivity index (χ0) is 21.7. The van der Waals surface area contributed by atoms with Gasteiger partial charge in [-0.1, -0.05) is 37.7 Å². The molecule has 0 atom stereocenters. The Morgan fingerprint density at radius 1 is 1.10 bits per heavy atom. The summed E-state index contributed by atoms with van der Waals surface area (Å²) < 4.78 is 12.5. The lowest BCUT2D eigenvalue weighted by Crippen LogP contribution is -2.28. The van der Waals surface area contributed by atoms with E-state index in [0.717, 1.165) is 11.4 Å². The predicted octanol–water partition coefficient (Wildman–Crippen LogP) is 4.16. The smallest absolute Gasteiger partial charge is 0.237 e.